The summed E-state index contributed by atoms with van der Waals surface area (Å²) in [5, 5.41) is 2.36. The molecule has 6 heteroatoms. The van der Waals surface area contributed by atoms with Crippen molar-refractivity contribution in [3.8, 4) is 0 Å². The van der Waals surface area contributed by atoms with Crippen molar-refractivity contribution in [2.75, 3.05) is 7.11 Å². The summed E-state index contributed by atoms with van der Waals surface area (Å²) < 4.78 is 5.37. The minimum absolute atomic E-state index is 0.0306. The Bertz CT molecular complexity index is 495. The van der Waals surface area contributed by atoms with E-state index in [2.05, 4.69) is 5.32 Å². The van der Waals surface area contributed by atoms with Crippen LogP contribution in [0, 0.1) is 10.8 Å². The molecular weight excluding hydrogens is 260 g/mol. The van der Waals surface area contributed by atoms with E-state index >= 15 is 0 Å². The third kappa shape index (κ3) is 1.45. The van der Waals surface area contributed by atoms with Gasteiger partial charge in [-0.1, -0.05) is 20.3 Å². The zero-order valence-electron chi connectivity index (χ0n) is 12.1. The molecule has 1 saturated heterocycles. The molecule has 0 aromatic rings. The average Bonchev–Trinajstić information content (AvgIpc) is 2.30. The molecule has 1 N–H and O–H groups in total. The largest absolute Gasteiger partial charge is 0.381 e. The average molecular weight is 280 g/mol. The minimum atomic E-state index is -0.984. The summed E-state index contributed by atoms with van der Waals surface area (Å²) in [6.07, 6.45) is 2.61. The smallest absolute Gasteiger partial charge is 0.331 e. The summed E-state index contributed by atoms with van der Waals surface area (Å²) in [7, 11) is 1.64. The summed E-state index contributed by atoms with van der Waals surface area (Å²) >= 11 is 0. The van der Waals surface area contributed by atoms with Crippen LogP contribution in [-0.2, 0) is 14.3 Å². The number of nitrogens with one attached hydrogen (secondary N) is 1. The number of methoxy groups -OCH3 is 1. The predicted octanol–water partition coefficient (Wildman–Crippen LogP) is 1.05. The fourth-order valence-corrected chi connectivity index (χ4v) is 3.65. The van der Waals surface area contributed by atoms with Gasteiger partial charge in [-0.25, -0.2) is 4.79 Å². The van der Waals surface area contributed by atoms with E-state index in [9.17, 15) is 14.4 Å². The van der Waals surface area contributed by atoms with Crippen LogP contribution in [0.15, 0.2) is 0 Å². The Hall–Kier alpha value is -1.43. The van der Waals surface area contributed by atoms with Gasteiger partial charge >= 0.3 is 6.03 Å². The number of nitrogens with zero attached hydrogens (tertiary/aromatic N) is 1. The minimum Gasteiger partial charge on any atom is -0.381 e. The lowest BCUT2D eigenvalue weighted by atomic mass is 9.61. The van der Waals surface area contributed by atoms with Gasteiger partial charge in [0.1, 0.15) is 5.41 Å². The molecule has 4 amide bonds. The molecule has 1 aliphatic heterocycles. The van der Waals surface area contributed by atoms with Crippen molar-refractivity contribution in [1.29, 1.82) is 0 Å². The second kappa shape index (κ2) is 4.04. The van der Waals surface area contributed by atoms with E-state index in [0.29, 0.717) is 19.3 Å². The molecule has 0 aromatic carbocycles. The first-order valence-corrected chi connectivity index (χ1v) is 7.06. The molecule has 6 nitrogen and oxygen atoms in total. The lowest BCUT2D eigenvalue weighted by Gasteiger charge is -2.57. The Morgan fingerprint density at radius 3 is 2.35 bits per heavy atom. The fraction of sp³-hybridized carbons (Fsp3) is 0.786. The second-order valence-electron chi connectivity index (χ2n) is 6.67. The molecule has 0 bridgehead atoms. The van der Waals surface area contributed by atoms with Crippen LogP contribution in [0.1, 0.15) is 39.5 Å². The molecule has 110 valence electrons. The maximum Gasteiger partial charge on any atom is 0.331 e. The first-order valence-electron chi connectivity index (χ1n) is 7.06. The maximum atomic E-state index is 12.7. The summed E-state index contributed by atoms with van der Waals surface area (Å²) in [6, 6.07) is -0.782. The molecule has 2 saturated carbocycles. The predicted molar refractivity (Wildman–Crippen MR) is 69.7 cm³/mol. The summed E-state index contributed by atoms with van der Waals surface area (Å²) in [4.78, 5) is 38.0. The van der Waals surface area contributed by atoms with E-state index in [1.165, 1.54) is 4.90 Å². The highest BCUT2D eigenvalue weighted by Crippen LogP contribution is 2.50. The molecule has 1 spiro atoms. The third-order valence-electron chi connectivity index (χ3n) is 5.43. The maximum absolute atomic E-state index is 12.7. The molecule has 3 rings (SSSR count). The number of imide groups is 2. The molecule has 3 fully saturated rings. The van der Waals surface area contributed by atoms with Crippen LogP contribution in [-0.4, -0.2) is 42.0 Å². The van der Waals surface area contributed by atoms with E-state index < -0.39 is 17.4 Å². The number of rotatable bonds is 2. The summed E-state index contributed by atoms with van der Waals surface area (Å²) in [5.41, 5.74) is -1.27. The van der Waals surface area contributed by atoms with Crippen LogP contribution in [0.5, 0.6) is 0 Å². The Morgan fingerprint density at radius 1 is 1.25 bits per heavy atom. The van der Waals surface area contributed by atoms with E-state index in [1.807, 2.05) is 13.8 Å². The molecule has 2 atom stereocenters. The zero-order valence-corrected chi connectivity index (χ0v) is 12.1. The number of carbonyl (C=O) groups excluding carboxylic acids is 3. The standard InChI is InChI=1S/C14H20N2O4/c1-13(2)8(7-9(13)20-3)16-11(18)14(5-4-6-14)10(17)15-12(16)19/h8-9H,4-7H2,1-3H3,(H,15,17,19). The first-order chi connectivity index (χ1) is 9.34. The van der Waals surface area contributed by atoms with Crippen molar-refractivity contribution in [3.63, 3.8) is 0 Å². The highest BCUT2D eigenvalue weighted by Gasteiger charge is 2.63. The molecule has 1 heterocycles. The van der Waals surface area contributed by atoms with Gasteiger partial charge in [0.2, 0.25) is 11.8 Å². The van der Waals surface area contributed by atoms with Gasteiger partial charge in [-0.2, -0.15) is 0 Å². The van der Waals surface area contributed by atoms with Crippen LogP contribution in [0.3, 0.4) is 0 Å². The Balaban J connectivity index is 1.88. The number of amides is 4. The van der Waals surface area contributed by atoms with Crippen molar-refractivity contribution >= 4 is 17.8 Å². The lowest BCUT2D eigenvalue weighted by Crippen LogP contribution is -2.73. The van der Waals surface area contributed by atoms with Crippen LogP contribution < -0.4 is 5.32 Å². The molecule has 0 radical (unpaired) electrons. The van der Waals surface area contributed by atoms with Crippen molar-refractivity contribution in [2.24, 2.45) is 10.8 Å². The van der Waals surface area contributed by atoms with Gasteiger partial charge in [0.15, 0.2) is 0 Å². The van der Waals surface area contributed by atoms with Crippen LogP contribution in [0.25, 0.3) is 0 Å². The Labute approximate surface area is 117 Å². The molecule has 3 aliphatic rings. The van der Waals surface area contributed by atoms with Crippen LogP contribution in [0.4, 0.5) is 4.79 Å². The van der Waals surface area contributed by atoms with Gasteiger partial charge in [0, 0.05) is 12.5 Å². The van der Waals surface area contributed by atoms with E-state index in [-0.39, 0.29) is 23.5 Å². The van der Waals surface area contributed by atoms with E-state index in [0.717, 1.165) is 6.42 Å². The van der Waals surface area contributed by atoms with Crippen LogP contribution in [0.2, 0.25) is 0 Å². The van der Waals surface area contributed by atoms with Crippen molar-refractivity contribution < 1.29 is 19.1 Å². The van der Waals surface area contributed by atoms with Crippen molar-refractivity contribution in [3.05, 3.63) is 0 Å². The van der Waals surface area contributed by atoms with Gasteiger partial charge < -0.3 is 4.74 Å². The number of urea groups is 1. The summed E-state index contributed by atoms with van der Waals surface area (Å²) in [6.45, 7) is 3.97. The lowest BCUT2D eigenvalue weighted by molar-refractivity contribution is -0.174. The first kappa shape index (κ1) is 13.5. The van der Waals surface area contributed by atoms with Gasteiger partial charge in [-0.15, -0.1) is 0 Å². The fourth-order valence-electron chi connectivity index (χ4n) is 3.65. The SMILES string of the molecule is COC1CC(N2C(=O)NC(=O)C3(CCC3)C2=O)C1(C)C. The van der Waals surface area contributed by atoms with Gasteiger partial charge in [0.05, 0.1) is 12.1 Å². The molecular formula is C14H20N2O4. The topological polar surface area (TPSA) is 75.7 Å². The number of barbiturate groups is 1. The highest BCUT2D eigenvalue weighted by atomic mass is 16.5. The van der Waals surface area contributed by atoms with Gasteiger partial charge in [0.25, 0.3) is 0 Å². The molecule has 20 heavy (non-hydrogen) atoms. The normalized spacial score (nSPS) is 34.5. The van der Waals surface area contributed by atoms with E-state index in [1.54, 1.807) is 7.11 Å². The Morgan fingerprint density at radius 2 is 1.90 bits per heavy atom. The second-order valence-corrected chi connectivity index (χ2v) is 6.67. The monoisotopic (exact) mass is 280 g/mol. The van der Waals surface area contributed by atoms with Gasteiger partial charge in [-0.3, -0.25) is 19.8 Å². The quantitative estimate of drug-likeness (QED) is 0.767. The molecule has 2 aliphatic carbocycles. The zero-order chi connectivity index (χ0) is 14.7. The molecule has 0 aromatic heterocycles. The number of hydrogen-bond acceptors (Lipinski definition) is 4. The number of hydrogen-bond donors (Lipinski definition) is 1. The Kier molecular flexibility index (Phi) is 2.73. The van der Waals surface area contributed by atoms with Crippen molar-refractivity contribution in [2.45, 2.75) is 51.7 Å². The highest BCUT2D eigenvalue weighted by molar-refractivity contribution is 6.19. The van der Waals surface area contributed by atoms with Gasteiger partial charge in [-0.05, 0) is 19.3 Å². The van der Waals surface area contributed by atoms with Crippen LogP contribution >= 0.6 is 0 Å². The van der Waals surface area contributed by atoms with E-state index in [4.69, 9.17) is 4.74 Å². The number of carbonyl (C=O) groups is 3. The molecule has 2 unspecified atom stereocenters. The summed E-state index contributed by atoms with van der Waals surface area (Å²) in [5.74, 6) is -0.736. The third-order valence-corrected chi connectivity index (χ3v) is 5.43. The van der Waals surface area contributed by atoms with Crippen molar-refractivity contribution in [1.82, 2.24) is 10.2 Å². The number of ether oxygens (including phenoxy) is 1.